The molecule has 1 aromatic carbocycles. The molecule has 2 heterocycles. The zero-order valence-corrected chi connectivity index (χ0v) is 13.8. The van der Waals surface area contributed by atoms with Crippen molar-refractivity contribution in [2.75, 3.05) is 13.1 Å². The summed E-state index contributed by atoms with van der Waals surface area (Å²) in [7, 11) is 0. The minimum atomic E-state index is 0.437. The maximum Gasteiger partial charge on any atom is 0.107 e. The Kier molecular flexibility index (Phi) is 4.38. The zero-order chi connectivity index (χ0) is 14.8. The van der Waals surface area contributed by atoms with E-state index in [0.29, 0.717) is 12.1 Å². The predicted molar refractivity (Wildman–Crippen MR) is 88.6 cm³/mol. The number of nitrogens with zero attached hydrogens (tertiary/aromatic N) is 2. The van der Waals surface area contributed by atoms with Gasteiger partial charge in [-0.25, -0.2) is 4.98 Å². The predicted octanol–water partition coefficient (Wildman–Crippen LogP) is 3.29. The molecule has 1 aromatic heterocycles. The molecule has 2 aromatic rings. The van der Waals surface area contributed by atoms with Crippen LogP contribution in [0.5, 0.6) is 0 Å². The second-order valence-electron chi connectivity index (χ2n) is 5.91. The van der Waals surface area contributed by atoms with Crippen LogP contribution in [-0.4, -0.2) is 29.0 Å². The molecule has 21 heavy (non-hydrogen) atoms. The first-order valence-corrected chi connectivity index (χ1v) is 8.40. The topological polar surface area (TPSA) is 28.2 Å². The Hall–Kier alpha value is -1.23. The van der Waals surface area contributed by atoms with Gasteiger partial charge in [-0.05, 0) is 26.3 Å². The second-order valence-corrected chi connectivity index (χ2v) is 7.20. The van der Waals surface area contributed by atoms with Crippen LogP contribution in [0.1, 0.15) is 34.1 Å². The van der Waals surface area contributed by atoms with E-state index in [1.807, 2.05) is 11.3 Å². The lowest BCUT2D eigenvalue weighted by molar-refractivity contribution is 0.127. The fourth-order valence-electron chi connectivity index (χ4n) is 2.94. The monoisotopic (exact) mass is 301 g/mol. The van der Waals surface area contributed by atoms with Gasteiger partial charge in [0.15, 0.2) is 0 Å². The number of benzene rings is 1. The summed E-state index contributed by atoms with van der Waals surface area (Å²) in [5.41, 5.74) is 2.57. The normalized spacial score (nSPS) is 23.4. The lowest BCUT2D eigenvalue weighted by Crippen LogP contribution is -2.50. The van der Waals surface area contributed by atoms with E-state index in [0.717, 1.165) is 19.6 Å². The van der Waals surface area contributed by atoms with Gasteiger partial charge in [-0.1, -0.05) is 30.3 Å². The Morgan fingerprint density at radius 2 is 2.05 bits per heavy atom. The molecule has 3 nitrogen and oxygen atoms in total. The van der Waals surface area contributed by atoms with Crippen molar-refractivity contribution in [2.45, 2.75) is 39.4 Å². The van der Waals surface area contributed by atoms with Crippen LogP contribution in [0.3, 0.4) is 0 Å². The van der Waals surface area contributed by atoms with Crippen LogP contribution in [0.15, 0.2) is 30.3 Å². The van der Waals surface area contributed by atoms with Crippen LogP contribution < -0.4 is 5.32 Å². The first kappa shape index (κ1) is 14.7. The van der Waals surface area contributed by atoms with E-state index in [1.54, 1.807) is 0 Å². The van der Waals surface area contributed by atoms with E-state index in [9.17, 15) is 0 Å². The van der Waals surface area contributed by atoms with Crippen LogP contribution >= 0.6 is 11.3 Å². The summed E-state index contributed by atoms with van der Waals surface area (Å²) in [6.45, 7) is 9.54. The molecule has 1 aliphatic rings. The molecule has 1 fully saturated rings. The minimum Gasteiger partial charge on any atom is -0.311 e. The van der Waals surface area contributed by atoms with Gasteiger partial charge in [0.1, 0.15) is 5.01 Å². The second kappa shape index (κ2) is 6.26. The lowest BCUT2D eigenvalue weighted by atomic mass is 10.0. The maximum absolute atomic E-state index is 4.71. The Balaban J connectivity index is 1.81. The third-order valence-corrected chi connectivity index (χ3v) is 5.26. The molecular formula is C17H23N3S. The summed E-state index contributed by atoms with van der Waals surface area (Å²) in [5.74, 6) is 0. The Bertz CT molecular complexity index is 574. The zero-order valence-electron chi connectivity index (χ0n) is 13.0. The van der Waals surface area contributed by atoms with E-state index >= 15 is 0 Å². The summed E-state index contributed by atoms with van der Waals surface area (Å²) in [4.78, 5) is 8.62. The molecule has 4 heteroatoms. The Labute approximate surface area is 131 Å². The van der Waals surface area contributed by atoms with Crippen LogP contribution in [0.25, 0.3) is 0 Å². The number of rotatable bonds is 3. The van der Waals surface area contributed by atoms with Gasteiger partial charge in [-0.2, -0.15) is 0 Å². The number of hydrogen-bond donors (Lipinski definition) is 1. The van der Waals surface area contributed by atoms with Crippen LogP contribution in [-0.2, 0) is 6.54 Å². The molecule has 0 spiro atoms. The fourth-order valence-corrected chi connectivity index (χ4v) is 3.90. The third kappa shape index (κ3) is 3.34. The Morgan fingerprint density at radius 3 is 2.71 bits per heavy atom. The minimum absolute atomic E-state index is 0.437. The van der Waals surface area contributed by atoms with Crippen molar-refractivity contribution < 1.29 is 0 Å². The van der Waals surface area contributed by atoms with Crippen LogP contribution in [0.4, 0.5) is 0 Å². The summed E-state index contributed by atoms with van der Waals surface area (Å²) in [6, 6.07) is 11.8. The molecule has 0 radical (unpaired) electrons. The number of aromatic nitrogens is 1. The highest BCUT2D eigenvalue weighted by molar-refractivity contribution is 7.11. The van der Waals surface area contributed by atoms with Gasteiger partial charge in [0.25, 0.3) is 0 Å². The lowest BCUT2D eigenvalue weighted by Gasteiger charge is -2.39. The standard InChI is InChI=1S/C17H23N3S/c1-12-10-20(11-17-19-13(2)14(3)21-17)16(9-18-12)15-7-5-4-6-8-15/h4-8,12,16,18H,9-11H2,1-3H3. The molecule has 0 aliphatic carbocycles. The average molecular weight is 301 g/mol. The molecule has 1 aliphatic heterocycles. The quantitative estimate of drug-likeness (QED) is 0.943. The maximum atomic E-state index is 4.71. The molecule has 2 unspecified atom stereocenters. The van der Waals surface area contributed by atoms with E-state index < -0.39 is 0 Å². The molecule has 0 bridgehead atoms. The molecule has 0 amide bonds. The van der Waals surface area contributed by atoms with Gasteiger partial charge < -0.3 is 5.32 Å². The SMILES string of the molecule is Cc1nc(CN2CC(C)NCC2c2ccccc2)sc1C. The average Bonchev–Trinajstić information content (AvgIpc) is 2.78. The van der Waals surface area contributed by atoms with Gasteiger partial charge in [0, 0.05) is 30.1 Å². The fraction of sp³-hybridized carbons (Fsp3) is 0.471. The summed E-state index contributed by atoms with van der Waals surface area (Å²) >= 11 is 1.83. The van der Waals surface area contributed by atoms with Crippen molar-refractivity contribution in [3.63, 3.8) is 0 Å². The molecular weight excluding hydrogens is 278 g/mol. The van der Waals surface area contributed by atoms with E-state index in [1.165, 1.54) is 21.1 Å². The smallest absolute Gasteiger partial charge is 0.107 e. The third-order valence-electron chi connectivity index (χ3n) is 4.20. The highest BCUT2D eigenvalue weighted by atomic mass is 32.1. The van der Waals surface area contributed by atoms with Gasteiger partial charge in [0.05, 0.1) is 12.2 Å². The van der Waals surface area contributed by atoms with Crippen molar-refractivity contribution in [3.05, 3.63) is 51.5 Å². The summed E-state index contributed by atoms with van der Waals surface area (Å²) < 4.78 is 0. The Morgan fingerprint density at radius 1 is 1.29 bits per heavy atom. The van der Waals surface area contributed by atoms with E-state index in [4.69, 9.17) is 4.98 Å². The number of nitrogens with one attached hydrogen (secondary N) is 1. The van der Waals surface area contributed by atoms with E-state index in [-0.39, 0.29) is 0 Å². The number of thiazole rings is 1. The highest BCUT2D eigenvalue weighted by Crippen LogP contribution is 2.27. The van der Waals surface area contributed by atoms with Gasteiger partial charge in [-0.15, -0.1) is 11.3 Å². The highest BCUT2D eigenvalue weighted by Gasteiger charge is 2.27. The van der Waals surface area contributed by atoms with Crippen LogP contribution in [0.2, 0.25) is 0 Å². The molecule has 0 saturated carbocycles. The van der Waals surface area contributed by atoms with Gasteiger partial charge in [-0.3, -0.25) is 4.90 Å². The number of piperazine rings is 1. The number of hydrogen-bond acceptors (Lipinski definition) is 4. The van der Waals surface area contributed by atoms with Crippen molar-refractivity contribution in [1.82, 2.24) is 15.2 Å². The van der Waals surface area contributed by atoms with Crippen LogP contribution in [0, 0.1) is 13.8 Å². The van der Waals surface area contributed by atoms with E-state index in [2.05, 4.69) is 61.3 Å². The van der Waals surface area contributed by atoms with Crippen molar-refractivity contribution in [1.29, 1.82) is 0 Å². The molecule has 2 atom stereocenters. The first-order chi connectivity index (χ1) is 10.1. The van der Waals surface area contributed by atoms with Crippen molar-refractivity contribution in [3.8, 4) is 0 Å². The molecule has 112 valence electrons. The van der Waals surface area contributed by atoms with Crippen molar-refractivity contribution in [2.24, 2.45) is 0 Å². The molecule has 1 saturated heterocycles. The number of aryl methyl sites for hydroxylation is 2. The van der Waals surface area contributed by atoms with Gasteiger partial charge >= 0.3 is 0 Å². The summed E-state index contributed by atoms with van der Waals surface area (Å²) in [6.07, 6.45) is 0. The first-order valence-electron chi connectivity index (χ1n) is 7.59. The largest absolute Gasteiger partial charge is 0.311 e. The molecule has 3 rings (SSSR count). The summed E-state index contributed by atoms with van der Waals surface area (Å²) in [5, 5.41) is 4.84. The molecule has 1 N–H and O–H groups in total. The van der Waals surface area contributed by atoms with Crippen molar-refractivity contribution >= 4 is 11.3 Å². The van der Waals surface area contributed by atoms with Gasteiger partial charge in [0.2, 0.25) is 0 Å².